The molecule has 0 aromatic carbocycles. The van der Waals surface area contributed by atoms with Gasteiger partial charge in [-0.15, -0.1) is 0 Å². The van der Waals surface area contributed by atoms with Gasteiger partial charge in [-0.1, -0.05) is 42.1 Å². The van der Waals surface area contributed by atoms with Crippen LogP contribution in [0.25, 0.3) is 0 Å². The highest BCUT2D eigenvalue weighted by Gasteiger charge is 2.38. The third-order valence-electron chi connectivity index (χ3n) is 1.99. The second-order valence-corrected chi connectivity index (χ2v) is 10.2. The molecule has 0 rings (SSSR count). The lowest BCUT2D eigenvalue weighted by atomic mass is 10.4. The maximum absolute atomic E-state index is 9.84. The van der Waals surface area contributed by atoms with Crippen molar-refractivity contribution in [3.63, 3.8) is 0 Å². The molecule has 1 nitrogen and oxygen atoms in total. The van der Waals surface area contributed by atoms with E-state index < -0.39 is 13.3 Å². The average molecular weight is 223 g/mol. The first kappa shape index (κ1) is 10.4. The Balaban J connectivity index is 4.57. The van der Waals surface area contributed by atoms with Crippen molar-refractivity contribution >= 4 is 24.0 Å². The van der Waals surface area contributed by atoms with Crippen LogP contribution in [0.4, 0.5) is 0 Å². The molecule has 0 aliphatic carbocycles. The second kappa shape index (κ2) is 2.79. The average Bonchev–Trinajstić information content (AvgIpc) is 1.62. The third kappa shape index (κ3) is 1.94. The lowest BCUT2D eigenvalue weighted by Gasteiger charge is -2.34. The fraction of sp³-hybridized carbons (Fsp3) is 0.714. The van der Waals surface area contributed by atoms with Gasteiger partial charge in [-0.25, -0.2) is 0 Å². The van der Waals surface area contributed by atoms with Gasteiger partial charge < -0.3 is 5.11 Å². The maximum atomic E-state index is 9.84. The molecule has 60 valence electrons. The molecule has 0 aromatic rings. The standard InChI is InChI=1S/C7H15BrOSi/c1-6(8)7(2,9)10(3,4)5/h9H,1H2,2-5H3. The molecular weight excluding hydrogens is 208 g/mol. The van der Waals surface area contributed by atoms with Crippen LogP contribution in [0.5, 0.6) is 0 Å². The first-order valence-electron chi connectivity index (χ1n) is 3.27. The molecule has 1 atom stereocenters. The van der Waals surface area contributed by atoms with E-state index in [2.05, 4.69) is 42.1 Å². The SMILES string of the molecule is C=C(Br)C(C)(O)[Si](C)(C)C. The Morgan fingerprint density at radius 2 is 1.80 bits per heavy atom. The molecule has 0 bridgehead atoms. The molecule has 1 N–H and O–H groups in total. The third-order valence-corrected chi connectivity index (χ3v) is 6.35. The summed E-state index contributed by atoms with van der Waals surface area (Å²) in [7, 11) is -1.54. The Morgan fingerprint density at radius 3 is 1.80 bits per heavy atom. The Hall–Kier alpha value is 0.397. The summed E-state index contributed by atoms with van der Waals surface area (Å²) in [5.74, 6) is 0. The predicted molar refractivity (Wildman–Crippen MR) is 52.0 cm³/mol. The Bertz CT molecular complexity index is 146. The van der Waals surface area contributed by atoms with E-state index in [4.69, 9.17) is 0 Å². The fourth-order valence-electron chi connectivity index (χ4n) is 0.407. The summed E-state index contributed by atoms with van der Waals surface area (Å²) < 4.78 is 0.694. The lowest BCUT2D eigenvalue weighted by molar-refractivity contribution is 0.184. The number of aliphatic hydroxyl groups is 1. The highest BCUT2D eigenvalue weighted by atomic mass is 79.9. The summed E-state index contributed by atoms with van der Waals surface area (Å²) in [6, 6.07) is 0. The molecule has 0 fully saturated rings. The van der Waals surface area contributed by atoms with Gasteiger partial charge in [0, 0.05) is 4.48 Å². The topological polar surface area (TPSA) is 20.2 Å². The molecule has 0 aromatic heterocycles. The van der Waals surface area contributed by atoms with E-state index in [9.17, 15) is 5.11 Å². The zero-order chi connectivity index (χ0) is 8.58. The monoisotopic (exact) mass is 222 g/mol. The van der Waals surface area contributed by atoms with Crippen LogP contribution < -0.4 is 0 Å². The van der Waals surface area contributed by atoms with Gasteiger partial charge in [0.2, 0.25) is 0 Å². The van der Waals surface area contributed by atoms with Crippen molar-refractivity contribution < 1.29 is 5.11 Å². The normalized spacial score (nSPS) is 18.2. The van der Waals surface area contributed by atoms with Gasteiger partial charge >= 0.3 is 0 Å². The first-order chi connectivity index (χ1) is 4.19. The minimum atomic E-state index is -1.54. The van der Waals surface area contributed by atoms with Crippen LogP contribution in [-0.4, -0.2) is 18.4 Å². The van der Waals surface area contributed by atoms with Crippen molar-refractivity contribution in [3.8, 4) is 0 Å². The lowest BCUT2D eigenvalue weighted by Crippen LogP contribution is -2.49. The summed E-state index contributed by atoms with van der Waals surface area (Å²) in [5, 5.41) is 9.14. The van der Waals surface area contributed by atoms with Crippen molar-refractivity contribution in [1.29, 1.82) is 0 Å². The Labute approximate surface area is 72.3 Å². The molecule has 0 amide bonds. The zero-order valence-electron chi connectivity index (χ0n) is 7.03. The van der Waals surface area contributed by atoms with Gasteiger partial charge in [0.25, 0.3) is 0 Å². The molecule has 0 aliphatic heterocycles. The van der Waals surface area contributed by atoms with Gasteiger partial charge in [0.1, 0.15) is 0 Å². The number of hydrogen-bond donors (Lipinski definition) is 1. The first-order valence-corrected chi connectivity index (χ1v) is 7.56. The van der Waals surface area contributed by atoms with Crippen LogP contribution in [0.15, 0.2) is 11.1 Å². The maximum Gasteiger partial charge on any atom is 0.0880 e. The van der Waals surface area contributed by atoms with Crippen LogP contribution in [0.1, 0.15) is 6.92 Å². The van der Waals surface area contributed by atoms with E-state index in [0.29, 0.717) is 4.48 Å². The van der Waals surface area contributed by atoms with E-state index in [1.54, 1.807) is 0 Å². The highest BCUT2D eigenvalue weighted by molar-refractivity contribution is 9.11. The van der Waals surface area contributed by atoms with Crippen LogP contribution in [0, 0.1) is 0 Å². The number of rotatable bonds is 2. The minimum Gasteiger partial charge on any atom is -0.389 e. The van der Waals surface area contributed by atoms with Gasteiger partial charge in [-0.2, -0.15) is 0 Å². The molecule has 10 heavy (non-hydrogen) atoms. The van der Waals surface area contributed by atoms with Gasteiger partial charge in [-0.3, -0.25) is 0 Å². The van der Waals surface area contributed by atoms with Crippen LogP contribution in [-0.2, 0) is 0 Å². The van der Waals surface area contributed by atoms with E-state index in [-0.39, 0.29) is 0 Å². The fourth-order valence-corrected chi connectivity index (χ4v) is 3.00. The molecule has 1 unspecified atom stereocenters. The summed E-state index contributed by atoms with van der Waals surface area (Å²) in [6.07, 6.45) is 0. The van der Waals surface area contributed by atoms with Crippen molar-refractivity contribution in [2.24, 2.45) is 0 Å². The van der Waals surface area contributed by atoms with Crippen molar-refractivity contribution in [1.82, 2.24) is 0 Å². The Morgan fingerprint density at radius 1 is 1.50 bits per heavy atom. The summed E-state index contributed by atoms with van der Waals surface area (Å²) in [6.45, 7) is 11.8. The second-order valence-electron chi connectivity index (χ2n) is 3.73. The zero-order valence-corrected chi connectivity index (χ0v) is 9.62. The molecule has 3 heteroatoms. The van der Waals surface area contributed by atoms with Crippen LogP contribution in [0.3, 0.4) is 0 Å². The molecule has 0 spiro atoms. The molecule has 0 saturated heterocycles. The summed E-state index contributed by atoms with van der Waals surface area (Å²) in [4.78, 5) is 0. The highest BCUT2D eigenvalue weighted by Crippen LogP contribution is 2.30. The summed E-state index contributed by atoms with van der Waals surface area (Å²) >= 11 is 3.22. The van der Waals surface area contributed by atoms with E-state index in [0.717, 1.165) is 0 Å². The Kier molecular flexibility index (Phi) is 2.91. The van der Waals surface area contributed by atoms with E-state index in [1.165, 1.54) is 0 Å². The van der Waals surface area contributed by atoms with Gasteiger partial charge in [0.15, 0.2) is 0 Å². The quantitative estimate of drug-likeness (QED) is 0.713. The predicted octanol–water partition coefficient (Wildman–Crippen LogP) is 2.52. The van der Waals surface area contributed by atoms with E-state index >= 15 is 0 Å². The largest absolute Gasteiger partial charge is 0.389 e. The van der Waals surface area contributed by atoms with Crippen molar-refractivity contribution in [3.05, 3.63) is 11.1 Å². The van der Waals surface area contributed by atoms with Crippen molar-refractivity contribution in [2.75, 3.05) is 0 Å². The van der Waals surface area contributed by atoms with Gasteiger partial charge in [0.05, 0.1) is 13.3 Å². The van der Waals surface area contributed by atoms with Crippen molar-refractivity contribution in [2.45, 2.75) is 31.8 Å². The van der Waals surface area contributed by atoms with Crippen LogP contribution >= 0.6 is 15.9 Å². The molecule has 0 radical (unpaired) electrons. The number of halogens is 1. The number of hydrogen-bond acceptors (Lipinski definition) is 1. The molecule has 0 saturated carbocycles. The molecular formula is C7H15BrOSi. The summed E-state index contributed by atoms with van der Waals surface area (Å²) in [5.41, 5.74) is 0. The minimum absolute atomic E-state index is 0.694. The molecule has 0 heterocycles. The van der Waals surface area contributed by atoms with E-state index in [1.807, 2.05) is 6.92 Å². The smallest absolute Gasteiger partial charge is 0.0880 e. The molecule has 0 aliphatic rings. The van der Waals surface area contributed by atoms with Crippen LogP contribution in [0.2, 0.25) is 19.6 Å². The van der Waals surface area contributed by atoms with Gasteiger partial charge in [-0.05, 0) is 6.92 Å².